The highest BCUT2D eigenvalue weighted by Gasteiger charge is 2.29. The molecule has 172 valence electrons. The first-order chi connectivity index (χ1) is 15.8. The first-order valence-corrected chi connectivity index (χ1v) is 11.5. The summed E-state index contributed by atoms with van der Waals surface area (Å²) in [5, 5.41) is 2.50. The molecule has 1 fully saturated rings. The molecule has 2 aromatic carbocycles. The minimum atomic E-state index is -4.07. The van der Waals surface area contributed by atoms with Crippen LogP contribution >= 0.6 is 0 Å². The number of halogens is 2. The summed E-state index contributed by atoms with van der Waals surface area (Å²) in [6.07, 6.45) is 2.55. The van der Waals surface area contributed by atoms with Crippen molar-refractivity contribution < 1.29 is 31.1 Å². The van der Waals surface area contributed by atoms with E-state index >= 15 is 0 Å². The van der Waals surface area contributed by atoms with Crippen molar-refractivity contribution in [3.05, 3.63) is 78.1 Å². The third-order valence-corrected chi connectivity index (χ3v) is 6.87. The van der Waals surface area contributed by atoms with Crippen LogP contribution in [0.15, 0.2) is 70.0 Å². The third-order valence-electron chi connectivity index (χ3n) is 4.95. The number of morpholine rings is 1. The third kappa shape index (κ3) is 5.19. The van der Waals surface area contributed by atoms with E-state index in [0.29, 0.717) is 17.1 Å². The Morgan fingerprint density at radius 1 is 1.00 bits per heavy atom. The number of nitrogens with one attached hydrogen (secondary N) is 1. The summed E-state index contributed by atoms with van der Waals surface area (Å²) in [5.74, 6) is -1.30. The lowest BCUT2D eigenvalue weighted by Gasteiger charge is -2.26. The SMILES string of the molecule is O=C(C=Cc1ccc(-c2ccccc2F)o1)Nc1ccc(F)c(S(=O)(=O)N2CCOCC2)c1. The molecule has 1 aromatic heterocycles. The van der Waals surface area contributed by atoms with Gasteiger partial charge in [0, 0.05) is 24.9 Å². The van der Waals surface area contributed by atoms with E-state index in [1.54, 1.807) is 30.3 Å². The Morgan fingerprint density at radius 3 is 2.52 bits per heavy atom. The highest BCUT2D eigenvalue weighted by molar-refractivity contribution is 7.89. The number of carbonyl (C=O) groups excluding carboxylic acids is 1. The minimum Gasteiger partial charge on any atom is -0.457 e. The second-order valence-electron chi connectivity index (χ2n) is 7.17. The van der Waals surface area contributed by atoms with Gasteiger partial charge in [0.15, 0.2) is 0 Å². The Bertz CT molecular complexity index is 1300. The number of hydrogen-bond acceptors (Lipinski definition) is 5. The molecule has 7 nitrogen and oxygen atoms in total. The molecular formula is C23H20F2N2O5S. The number of ether oxygens (including phenoxy) is 1. The number of anilines is 1. The number of hydrogen-bond donors (Lipinski definition) is 1. The van der Waals surface area contributed by atoms with E-state index in [1.165, 1.54) is 24.3 Å². The van der Waals surface area contributed by atoms with Gasteiger partial charge in [-0.2, -0.15) is 4.31 Å². The molecule has 3 aromatic rings. The van der Waals surface area contributed by atoms with Crippen LogP contribution in [-0.2, 0) is 19.6 Å². The molecule has 0 saturated carbocycles. The number of benzene rings is 2. The summed E-state index contributed by atoms with van der Waals surface area (Å²) >= 11 is 0. The number of carbonyl (C=O) groups is 1. The van der Waals surface area contributed by atoms with Crippen molar-refractivity contribution in [1.29, 1.82) is 0 Å². The lowest BCUT2D eigenvalue weighted by atomic mass is 10.1. The van der Waals surface area contributed by atoms with Crippen LogP contribution in [0.1, 0.15) is 5.76 Å². The number of rotatable bonds is 6. The van der Waals surface area contributed by atoms with Gasteiger partial charge in [-0.15, -0.1) is 0 Å². The van der Waals surface area contributed by atoms with E-state index in [9.17, 15) is 22.0 Å². The Kier molecular flexibility index (Phi) is 6.68. The summed E-state index contributed by atoms with van der Waals surface area (Å²) in [5.41, 5.74) is 0.409. The van der Waals surface area contributed by atoms with Crippen molar-refractivity contribution in [3.63, 3.8) is 0 Å². The summed E-state index contributed by atoms with van der Waals surface area (Å²) in [6.45, 7) is 0.708. The molecule has 10 heteroatoms. The Morgan fingerprint density at radius 2 is 1.76 bits per heavy atom. The van der Waals surface area contributed by atoms with Gasteiger partial charge in [0.2, 0.25) is 15.9 Å². The topological polar surface area (TPSA) is 88.8 Å². The fourth-order valence-electron chi connectivity index (χ4n) is 3.29. The van der Waals surface area contributed by atoms with Gasteiger partial charge in [-0.25, -0.2) is 17.2 Å². The van der Waals surface area contributed by atoms with E-state index in [4.69, 9.17) is 9.15 Å². The Balaban J connectivity index is 1.46. The van der Waals surface area contributed by atoms with E-state index in [-0.39, 0.29) is 32.0 Å². The Labute approximate surface area is 189 Å². The normalized spacial score (nSPS) is 15.1. The van der Waals surface area contributed by atoms with Gasteiger partial charge in [0.25, 0.3) is 0 Å². The smallest absolute Gasteiger partial charge is 0.248 e. The quantitative estimate of drug-likeness (QED) is 0.548. The van der Waals surface area contributed by atoms with Crippen LogP contribution in [0.5, 0.6) is 0 Å². The largest absolute Gasteiger partial charge is 0.457 e. The first-order valence-electron chi connectivity index (χ1n) is 10.1. The van der Waals surface area contributed by atoms with Gasteiger partial charge in [0.05, 0.1) is 18.8 Å². The van der Waals surface area contributed by atoms with Crippen LogP contribution in [-0.4, -0.2) is 44.9 Å². The standard InChI is InChI=1S/C23H20F2N2O5S/c24-19-4-2-1-3-18(19)21-9-6-17(32-21)7-10-23(28)26-16-5-8-20(25)22(15-16)33(29,30)27-11-13-31-14-12-27/h1-10,15H,11-14H2,(H,26,28). The lowest BCUT2D eigenvalue weighted by Crippen LogP contribution is -2.40. The van der Waals surface area contributed by atoms with Gasteiger partial charge < -0.3 is 14.5 Å². The van der Waals surface area contributed by atoms with Crippen molar-refractivity contribution in [2.75, 3.05) is 31.6 Å². The predicted octanol–water partition coefficient (Wildman–Crippen LogP) is 3.90. The zero-order chi connectivity index (χ0) is 23.4. The van der Waals surface area contributed by atoms with Crippen molar-refractivity contribution in [3.8, 4) is 11.3 Å². The second-order valence-corrected chi connectivity index (χ2v) is 9.07. The van der Waals surface area contributed by atoms with Gasteiger partial charge in [0.1, 0.15) is 28.1 Å². The average molecular weight is 474 g/mol. The predicted molar refractivity (Wildman–Crippen MR) is 118 cm³/mol. The maximum atomic E-state index is 14.3. The summed E-state index contributed by atoms with van der Waals surface area (Å²) in [4.78, 5) is 11.8. The van der Waals surface area contributed by atoms with Gasteiger partial charge in [-0.1, -0.05) is 12.1 Å². The summed E-state index contributed by atoms with van der Waals surface area (Å²) < 4.78 is 65.5. The molecule has 0 atom stereocenters. The average Bonchev–Trinajstić information content (AvgIpc) is 3.28. The number of nitrogens with zero attached hydrogens (tertiary/aromatic N) is 1. The van der Waals surface area contributed by atoms with Crippen LogP contribution in [0, 0.1) is 11.6 Å². The molecule has 0 bridgehead atoms. The number of furan rings is 1. The van der Waals surface area contributed by atoms with E-state index in [1.807, 2.05) is 0 Å². The molecule has 0 spiro atoms. The van der Waals surface area contributed by atoms with Crippen molar-refractivity contribution >= 4 is 27.7 Å². The van der Waals surface area contributed by atoms with Gasteiger partial charge in [-0.05, 0) is 48.5 Å². The molecule has 0 aliphatic carbocycles. The monoisotopic (exact) mass is 474 g/mol. The highest BCUT2D eigenvalue weighted by atomic mass is 32.2. The molecule has 1 aliphatic heterocycles. The van der Waals surface area contributed by atoms with Crippen molar-refractivity contribution in [2.45, 2.75) is 4.90 Å². The molecular weight excluding hydrogens is 454 g/mol. The number of sulfonamides is 1. The maximum absolute atomic E-state index is 14.3. The molecule has 2 heterocycles. The van der Waals surface area contributed by atoms with Crippen LogP contribution in [0.2, 0.25) is 0 Å². The summed E-state index contributed by atoms with van der Waals surface area (Å²) in [7, 11) is -4.07. The molecule has 4 rings (SSSR count). The van der Waals surface area contributed by atoms with Gasteiger partial charge >= 0.3 is 0 Å². The molecule has 1 amide bonds. The van der Waals surface area contributed by atoms with E-state index in [0.717, 1.165) is 16.4 Å². The molecule has 1 saturated heterocycles. The van der Waals surface area contributed by atoms with E-state index in [2.05, 4.69) is 5.32 Å². The molecule has 0 unspecified atom stereocenters. The highest BCUT2D eigenvalue weighted by Crippen LogP contribution is 2.26. The maximum Gasteiger partial charge on any atom is 0.248 e. The Hall–Kier alpha value is -3.34. The van der Waals surface area contributed by atoms with Crippen LogP contribution in [0.4, 0.5) is 14.5 Å². The zero-order valence-electron chi connectivity index (χ0n) is 17.3. The molecule has 1 N–H and O–H groups in total. The van der Waals surface area contributed by atoms with Crippen LogP contribution in [0.25, 0.3) is 17.4 Å². The second kappa shape index (κ2) is 9.65. The number of amides is 1. The van der Waals surface area contributed by atoms with E-state index < -0.39 is 32.5 Å². The van der Waals surface area contributed by atoms with Crippen LogP contribution in [0.3, 0.4) is 0 Å². The lowest BCUT2D eigenvalue weighted by molar-refractivity contribution is -0.111. The summed E-state index contributed by atoms with van der Waals surface area (Å²) in [6, 6.07) is 12.6. The fraction of sp³-hybridized carbons (Fsp3) is 0.174. The first kappa shape index (κ1) is 22.8. The van der Waals surface area contributed by atoms with Gasteiger partial charge in [-0.3, -0.25) is 4.79 Å². The molecule has 1 aliphatic rings. The molecule has 33 heavy (non-hydrogen) atoms. The zero-order valence-corrected chi connectivity index (χ0v) is 18.1. The minimum absolute atomic E-state index is 0.115. The van der Waals surface area contributed by atoms with Crippen LogP contribution < -0.4 is 5.32 Å². The van der Waals surface area contributed by atoms with Crippen molar-refractivity contribution in [1.82, 2.24) is 4.31 Å². The fourth-order valence-corrected chi connectivity index (χ4v) is 4.79. The molecule has 0 radical (unpaired) electrons. The van der Waals surface area contributed by atoms with Crippen molar-refractivity contribution in [2.24, 2.45) is 0 Å².